The summed E-state index contributed by atoms with van der Waals surface area (Å²) in [6.07, 6.45) is 7.20. The molecule has 0 saturated carbocycles. The number of unbranched alkanes of at least 4 members (excludes halogenated alkanes) is 3. The fourth-order valence-corrected chi connectivity index (χ4v) is 5.05. The van der Waals surface area contributed by atoms with Crippen molar-refractivity contribution in [3.8, 4) is 22.8 Å². The molecule has 1 aromatic carbocycles. The molecule has 198 valence electrons. The third-order valence-electron chi connectivity index (χ3n) is 7.00. The van der Waals surface area contributed by atoms with Gasteiger partial charge < -0.3 is 23.9 Å². The summed E-state index contributed by atoms with van der Waals surface area (Å²) in [6, 6.07) is 5.54. The summed E-state index contributed by atoms with van der Waals surface area (Å²) in [5.74, 6) is 1.18. The number of rotatable bonds is 14. The number of Topliss-reactive ketones (excluding diaryl/α,β-unsaturated/α-hetero) is 1. The van der Waals surface area contributed by atoms with Gasteiger partial charge in [0.25, 0.3) is 0 Å². The van der Waals surface area contributed by atoms with Crippen molar-refractivity contribution in [2.75, 3.05) is 34.0 Å². The van der Waals surface area contributed by atoms with Crippen LogP contribution in [0.25, 0.3) is 11.3 Å². The van der Waals surface area contributed by atoms with Crippen molar-refractivity contribution in [3.63, 3.8) is 0 Å². The van der Waals surface area contributed by atoms with Crippen molar-refractivity contribution in [2.24, 2.45) is 5.41 Å². The molecule has 0 aliphatic carbocycles. The summed E-state index contributed by atoms with van der Waals surface area (Å²) in [6.45, 7) is 7.56. The highest BCUT2D eigenvalue weighted by Crippen LogP contribution is 2.46. The number of methoxy groups -OCH3 is 2. The Morgan fingerprint density at radius 2 is 1.86 bits per heavy atom. The number of aliphatic hydroxyl groups is 1. The summed E-state index contributed by atoms with van der Waals surface area (Å²) < 4.78 is 19.4. The highest BCUT2D eigenvalue weighted by molar-refractivity contribution is 5.96. The topological polar surface area (TPSA) is 87.0 Å². The molecule has 1 aromatic heterocycles. The SMILES string of the molecule is CCCC(=O)c1cn2c(cc1=O)-c1cc(OC)c(OCCCCCCO)cc1CC2C(C)(C)COC. The number of hydrogen-bond acceptors (Lipinski definition) is 6. The van der Waals surface area contributed by atoms with Crippen molar-refractivity contribution < 1.29 is 24.1 Å². The van der Waals surface area contributed by atoms with Crippen molar-refractivity contribution >= 4 is 5.78 Å². The van der Waals surface area contributed by atoms with E-state index in [0.29, 0.717) is 44.0 Å². The molecule has 0 spiro atoms. The van der Waals surface area contributed by atoms with E-state index in [1.54, 1.807) is 26.5 Å². The average Bonchev–Trinajstić information content (AvgIpc) is 2.84. The molecule has 0 fully saturated rings. The van der Waals surface area contributed by atoms with E-state index in [0.717, 1.165) is 42.5 Å². The molecule has 7 heteroatoms. The Hall–Kier alpha value is -2.64. The Balaban J connectivity index is 2.05. The molecule has 0 radical (unpaired) electrons. The first-order chi connectivity index (χ1) is 17.3. The lowest BCUT2D eigenvalue weighted by molar-refractivity contribution is 0.0623. The minimum absolute atomic E-state index is 0.0200. The second-order valence-electron chi connectivity index (χ2n) is 10.3. The molecule has 0 saturated heterocycles. The number of carbonyl (C=O) groups excluding carboxylic acids is 1. The number of fused-ring (bicyclic) bond motifs is 3. The molecule has 1 aliphatic heterocycles. The van der Waals surface area contributed by atoms with Crippen LogP contribution in [0.5, 0.6) is 11.5 Å². The Morgan fingerprint density at radius 1 is 1.11 bits per heavy atom. The molecule has 36 heavy (non-hydrogen) atoms. The lowest BCUT2D eigenvalue weighted by Crippen LogP contribution is -2.37. The maximum atomic E-state index is 13.0. The molecular weight excluding hydrogens is 458 g/mol. The zero-order valence-corrected chi connectivity index (χ0v) is 22.4. The number of aliphatic hydroxyl groups excluding tert-OH is 1. The second-order valence-corrected chi connectivity index (χ2v) is 10.3. The van der Waals surface area contributed by atoms with Gasteiger partial charge in [-0.1, -0.05) is 27.2 Å². The van der Waals surface area contributed by atoms with E-state index in [4.69, 9.17) is 19.3 Å². The monoisotopic (exact) mass is 499 g/mol. The van der Waals surface area contributed by atoms with Gasteiger partial charge in [-0.25, -0.2) is 0 Å². The van der Waals surface area contributed by atoms with Crippen molar-refractivity contribution in [3.05, 3.63) is 45.7 Å². The first-order valence-electron chi connectivity index (χ1n) is 13.0. The van der Waals surface area contributed by atoms with Gasteiger partial charge in [-0.3, -0.25) is 9.59 Å². The van der Waals surface area contributed by atoms with Crippen LogP contribution in [0.4, 0.5) is 0 Å². The number of hydrogen-bond donors (Lipinski definition) is 1. The summed E-state index contributed by atoms with van der Waals surface area (Å²) in [5, 5.41) is 8.95. The van der Waals surface area contributed by atoms with Crippen LogP contribution >= 0.6 is 0 Å². The molecule has 1 unspecified atom stereocenters. The zero-order valence-electron chi connectivity index (χ0n) is 22.4. The summed E-state index contributed by atoms with van der Waals surface area (Å²) in [7, 11) is 3.31. The lowest BCUT2D eigenvalue weighted by atomic mass is 9.77. The van der Waals surface area contributed by atoms with Crippen LogP contribution in [-0.2, 0) is 11.2 Å². The molecule has 1 aliphatic rings. The fourth-order valence-electron chi connectivity index (χ4n) is 5.05. The maximum Gasteiger partial charge on any atom is 0.192 e. The lowest BCUT2D eigenvalue weighted by Gasteiger charge is -2.41. The summed E-state index contributed by atoms with van der Waals surface area (Å²) in [4.78, 5) is 25.8. The van der Waals surface area contributed by atoms with Crippen molar-refractivity contribution in [1.82, 2.24) is 4.57 Å². The Morgan fingerprint density at radius 3 is 2.53 bits per heavy atom. The van der Waals surface area contributed by atoms with Crippen LogP contribution in [0, 0.1) is 5.41 Å². The van der Waals surface area contributed by atoms with Gasteiger partial charge in [-0.2, -0.15) is 0 Å². The first kappa shape index (κ1) is 27.9. The van der Waals surface area contributed by atoms with Crippen LogP contribution in [0.3, 0.4) is 0 Å². The fraction of sp³-hybridized carbons (Fsp3) is 0.586. The highest BCUT2D eigenvalue weighted by Gasteiger charge is 2.37. The molecule has 1 atom stereocenters. The van der Waals surface area contributed by atoms with Crippen LogP contribution in [0.1, 0.15) is 81.3 Å². The van der Waals surface area contributed by atoms with E-state index in [2.05, 4.69) is 18.4 Å². The van der Waals surface area contributed by atoms with Gasteiger partial charge in [0.05, 0.1) is 31.6 Å². The smallest absolute Gasteiger partial charge is 0.192 e. The van der Waals surface area contributed by atoms with Crippen LogP contribution in [-0.4, -0.2) is 49.5 Å². The van der Waals surface area contributed by atoms with E-state index in [1.165, 1.54) is 0 Å². The number of ether oxygens (including phenoxy) is 3. The summed E-state index contributed by atoms with van der Waals surface area (Å²) in [5.41, 5.74) is 2.51. The van der Waals surface area contributed by atoms with Crippen LogP contribution in [0.2, 0.25) is 0 Å². The average molecular weight is 500 g/mol. The van der Waals surface area contributed by atoms with Gasteiger partial charge in [0.15, 0.2) is 22.7 Å². The predicted octanol–water partition coefficient (Wildman–Crippen LogP) is 5.21. The van der Waals surface area contributed by atoms with Gasteiger partial charge in [0, 0.05) is 49.4 Å². The largest absolute Gasteiger partial charge is 0.493 e. The van der Waals surface area contributed by atoms with Gasteiger partial charge in [-0.15, -0.1) is 0 Å². The number of carbonyl (C=O) groups is 1. The molecule has 3 rings (SSSR count). The normalized spacial score (nSPS) is 14.8. The van der Waals surface area contributed by atoms with E-state index in [9.17, 15) is 9.59 Å². The molecule has 7 nitrogen and oxygen atoms in total. The number of ketones is 1. The van der Waals surface area contributed by atoms with Crippen LogP contribution in [0.15, 0.2) is 29.2 Å². The molecule has 2 aromatic rings. The highest BCUT2D eigenvalue weighted by atomic mass is 16.5. The van der Waals surface area contributed by atoms with Crippen LogP contribution < -0.4 is 14.9 Å². The number of nitrogens with zero attached hydrogens (tertiary/aromatic N) is 1. The van der Waals surface area contributed by atoms with Crippen molar-refractivity contribution in [1.29, 1.82) is 0 Å². The molecule has 0 amide bonds. The Bertz CT molecular complexity index is 1100. The van der Waals surface area contributed by atoms with Crippen molar-refractivity contribution in [2.45, 2.75) is 71.8 Å². The number of pyridine rings is 1. The number of benzene rings is 1. The van der Waals surface area contributed by atoms with E-state index in [1.807, 2.05) is 19.1 Å². The van der Waals surface area contributed by atoms with Gasteiger partial charge in [-0.05, 0) is 49.8 Å². The van der Waals surface area contributed by atoms with E-state index >= 15 is 0 Å². The van der Waals surface area contributed by atoms with E-state index in [-0.39, 0.29) is 34.8 Å². The third-order valence-corrected chi connectivity index (χ3v) is 7.00. The van der Waals surface area contributed by atoms with Gasteiger partial charge in [0.2, 0.25) is 0 Å². The third kappa shape index (κ3) is 6.19. The minimum Gasteiger partial charge on any atom is -0.493 e. The molecule has 1 N–H and O–H groups in total. The summed E-state index contributed by atoms with van der Waals surface area (Å²) >= 11 is 0. The predicted molar refractivity (Wildman–Crippen MR) is 141 cm³/mol. The van der Waals surface area contributed by atoms with Gasteiger partial charge >= 0.3 is 0 Å². The van der Waals surface area contributed by atoms with Gasteiger partial charge in [0.1, 0.15) is 0 Å². The standard InChI is InChI=1S/C29H41NO6/c1-6-11-24(32)22-18-30-23(17-25(22)33)21-16-26(35-5)27(36-13-10-8-7-9-12-31)14-20(21)15-28(30)29(2,3)19-34-4/h14,16-18,28,31H,6-13,15,19H2,1-5H3. The first-order valence-corrected chi connectivity index (χ1v) is 13.0. The minimum atomic E-state index is -0.255. The maximum absolute atomic E-state index is 13.0. The quantitative estimate of drug-likeness (QED) is 0.284. The number of aromatic nitrogens is 1. The Kier molecular flexibility index (Phi) is 9.74. The molecule has 0 bridgehead atoms. The Labute approximate surface area is 214 Å². The van der Waals surface area contributed by atoms with E-state index < -0.39 is 0 Å². The molecular formula is C29H41NO6. The molecule has 2 heterocycles. The zero-order chi connectivity index (χ0) is 26.3. The second kappa shape index (κ2) is 12.5.